The predicted octanol–water partition coefficient (Wildman–Crippen LogP) is 0.827. The van der Waals surface area contributed by atoms with E-state index in [4.69, 9.17) is 5.11 Å². The Morgan fingerprint density at radius 1 is 1.33 bits per heavy atom. The van der Waals surface area contributed by atoms with Crippen LogP contribution in [-0.2, 0) is 14.4 Å². The number of para-hydroxylation sites is 1. The summed E-state index contributed by atoms with van der Waals surface area (Å²) in [7, 11) is 0. The highest BCUT2D eigenvalue weighted by Crippen LogP contribution is 2.13. The molecule has 7 nitrogen and oxygen atoms in total. The van der Waals surface area contributed by atoms with Gasteiger partial charge in [-0.15, -0.1) is 0 Å². The van der Waals surface area contributed by atoms with Gasteiger partial charge in [-0.3, -0.25) is 9.59 Å². The van der Waals surface area contributed by atoms with Crippen molar-refractivity contribution < 1.29 is 23.9 Å². The van der Waals surface area contributed by atoms with Gasteiger partial charge in [-0.2, -0.15) is 5.10 Å². The lowest BCUT2D eigenvalue weighted by Gasteiger charge is -2.21. The maximum Gasteiger partial charge on any atom is 0.352 e. The van der Waals surface area contributed by atoms with Crippen LogP contribution in [0.25, 0.3) is 0 Å². The van der Waals surface area contributed by atoms with Crippen molar-refractivity contribution in [3.05, 3.63) is 30.1 Å². The summed E-state index contributed by atoms with van der Waals surface area (Å²) in [5, 5.41) is 15.5. The topological polar surface area (TPSA) is 99.1 Å². The second kappa shape index (κ2) is 6.12. The number of carboxylic acids is 1. The lowest BCUT2D eigenvalue weighted by Crippen LogP contribution is -2.39. The van der Waals surface area contributed by atoms with E-state index in [1.165, 1.54) is 18.2 Å². The first-order valence-electron chi connectivity index (χ1n) is 6.13. The van der Waals surface area contributed by atoms with Crippen LogP contribution in [0.15, 0.2) is 29.4 Å². The molecule has 1 aliphatic rings. The third-order valence-corrected chi connectivity index (χ3v) is 2.79. The number of hydrogen-bond donors (Lipinski definition) is 2. The van der Waals surface area contributed by atoms with E-state index in [1.807, 2.05) is 0 Å². The van der Waals surface area contributed by atoms with Crippen LogP contribution in [0.3, 0.4) is 0 Å². The summed E-state index contributed by atoms with van der Waals surface area (Å²) in [6, 6.07) is 5.58. The zero-order valence-electron chi connectivity index (χ0n) is 10.9. The van der Waals surface area contributed by atoms with Gasteiger partial charge in [-0.05, 0) is 12.1 Å². The number of nitrogens with one attached hydrogen (secondary N) is 1. The van der Waals surface area contributed by atoms with Crippen molar-refractivity contribution >= 4 is 29.2 Å². The molecule has 1 heterocycles. The third kappa shape index (κ3) is 3.62. The number of aliphatic carboxylic acids is 1. The Morgan fingerprint density at radius 3 is 2.71 bits per heavy atom. The molecule has 0 unspecified atom stereocenters. The number of nitrogens with zero attached hydrogens (tertiary/aromatic N) is 2. The molecule has 0 radical (unpaired) electrons. The molecule has 0 saturated heterocycles. The van der Waals surface area contributed by atoms with Gasteiger partial charge in [-0.25, -0.2) is 14.2 Å². The second-order valence-electron chi connectivity index (χ2n) is 4.33. The first kappa shape index (κ1) is 14.6. The largest absolute Gasteiger partial charge is 0.477 e. The molecule has 0 aromatic heterocycles. The Hall–Kier alpha value is -2.77. The lowest BCUT2D eigenvalue weighted by molar-refractivity contribution is -0.136. The van der Waals surface area contributed by atoms with E-state index in [0.717, 1.165) is 5.01 Å². The van der Waals surface area contributed by atoms with Gasteiger partial charge in [0.2, 0.25) is 11.8 Å². The fourth-order valence-corrected chi connectivity index (χ4v) is 1.77. The number of halogens is 1. The summed E-state index contributed by atoms with van der Waals surface area (Å²) in [4.78, 5) is 34.2. The Bertz CT molecular complexity index is 630. The molecule has 1 aliphatic heterocycles. The Balaban J connectivity index is 2.05. The minimum atomic E-state index is -1.23. The van der Waals surface area contributed by atoms with Crippen LogP contribution in [0, 0.1) is 5.82 Å². The molecule has 110 valence electrons. The monoisotopic (exact) mass is 293 g/mol. The van der Waals surface area contributed by atoms with Gasteiger partial charge in [-0.1, -0.05) is 12.1 Å². The van der Waals surface area contributed by atoms with E-state index < -0.39 is 30.1 Å². The molecular weight excluding hydrogens is 281 g/mol. The third-order valence-electron chi connectivity index (χ3n) is 2.79. The lowest BCUT2D eigenvalue weighted by atomic mass is 10.2. The molecular formula is C13H12FN3O4. The minimum Gasteiger partial charge on any atom is -0.477 e. The van der Waals surface area contributed by atoms with Crippen molar-refractivity contribution in [1.29, 1.82) is 0 Å². The SMILES string of the molecule is O=C(CN1N=C(C(=O)O)CCC1=O)Nc1ccccc1F. The standard InChI is InChI=1S/C13H12FN3O4/c14-8-3-1-2-4-9(8)15-11(18)7-17-12(19)6-5-10(16-17)13(20)21/h1-4H,5-7H2,(H,15,18)(H,20,21). The average molecular weight is 293 g/mol. The van der Waals surface area contributed by atoms with Gasteiger partial charge in [0.1, 0.15) is 18.1 Å². The van der Waals surface area contributed by atoms with E-state index in [0.29, 0.717) is 0 Å². The molecule has 2 rings (SSSR count). The van der Waals surface area contributed by atoms with E-state index >= 15 is 0 Å². The molecule has 1 aromatic carbocycles. The molecule has 0 aliphatic carbocycles. The van der Waals surface area contributed by atoms with Gasteiger partial charge in [0.15, 0.2) is 0 Å². The Labute approximate surface area is 119 Å². The molecule has 1 aromatic rings. The van der Waals surface area contributed by atoms with Gasteiger partial charge in [0.25, 0.3) is 0 Å². The van der Waals surface area contributed by atoms with Crippen LogP contribution < -0.4 is 5.32 Å². The molecule has 0 bridgehead atoms. The number of anilines is 1. The molecule has 2 N–H and O–H groups in total. The van der Waals surface area contributed by atoms with Crippen LogP contribution in [0.1, 0.15) is 12.8 Å². The number of carbonyl (C=O) groups excluding carboxylic acids is 2. The van der Waals surface area contributed by atoms with E-state index in [9.17, 15) is 18.8 Å². The van der Waals surface area contributed by atoms with Gasteiger partial charge in [0, 0.05) is 12.8 Å². The summed E-state index contributed by atoms with van der Waals surface area (Å²) in [6.07, 6.45) is -0.00227. The van der Waals surface area contributed by atoms with Crippen LogP contribution in [0.4, 0.5) is 10.1 Å². The van der Waals surface area contributed by atoms with Crippen molar-refractivity contribution in [3.63, 3.8) is 0 Å². The fourth-order valence-electron chi connectivity index (χ4n) is 1.77. The van der Waals surface area contributed by atoms with E-state index in [1.54, 1.807) is 6.07 Å². The van der Waals surface area contributed by atoms with Crippen molar-refractivity contribution in [2.45, 2.75) is 12.8 Å². The highest BCUT2D eigenvalue weighted by atomic mass is 19.1. The van der Waals surface area contributed by atoms with E-state index in [-0.39, 0.29) is 24.2 Å². The van der Waals surface area contributed by atoms with Gasteiger partial charge in [0.05, 0.1) is 5.69 Å². The first-order valence-corrected chi connectivity index (χ1v) is 6.13. The zero-order valence-corrected chi connectivity index (χ0v) is 10.9. The number of benzene rings is 1. The number of carbonyl (C=O) groups is 3. The van der Waals surface area contributed by atoms with Crippen molar-refractivity contribution in [2.24, 2.45) is 5.10 Å². The normalized spacial score (nSPS) is 14.6. The van der Waals surface area contributed by atoms with Crippen LogP contribution in [0.5, 0.6) is 0 Å². The molecule has 8 heteroatoms. The summed E-state index contributed by atoms with van der Waals surface area (Å²) >= 11 is 0. The zero-order chi connectivity index (χ0) is 15.4. The van der Waals surface area contributed by atoms with E-state index in [2.05, 4.69) is 10.4 Å². The summed E-state index contributed by atoms with van der Waals surface area (Å²) in [5.41, 5.74) is -0.206. The number of hydrazone groups is 1. The fraction of sp³-hybridized carbons (Fsp3) is 0.231. The van der Waals surface area contributed by atoms with Crippen LogP contribution in [-0.4, -0.2) is 40.2 Å². The highest BCUT2D eigenvalue weighted by molar-refractivity contribution is 6.36. The highest BCUT2D eigenvalue weighted by Gasteiger charge is 2.25. The quantitative estimate of drug-likeness (QED) is 0.858. The van der Waals surface area contributed by atoms with Gasteiger partial charge >= 0.3 is 5.97 Å². The molecule has 21 heavy (non-hydrogen) atoms. The number of hydrogen-bond acceptors (Lipinski definition) is 4. The minimum absolute atomic E-state index is 0.0191. The average Bonchev–Trinajstić information content (AvgIpc) is 2.43. The molecule has 0 saturated carbocycles. The van der Waals surface area contributed by atoms with Crippen LogP contribution >= 0.6 is 0 Å². The first-order chi connectivity index (χ1) is 9.97. The van der Waals surface area contributed by atoms with Crippen LogP contribution in [0.2, 0.25) is 0 Å². The second-order valence-corrected chi connectivity index (χ2v) is 4.33. The summed E-state index contributed by atoms with van der Waals surface area (Å²) in [5.74, 6) is -2.96. The van der Waals surface area contributed by atoms with Crippen molar-refractivity contribution in [2.75, 3.05) is 11.9 Å². The number of rotatable bonds is 4. The van der Waals surface area contributed by atoms with Crippen molar-refractivity contribution in [3.8, 4) is 0 Å². The molecule has 0 fully saturated rings. The Morgan fingerprint density at radius 2 is 2.05 bits per heavy atom. The predicted molar refractivity (Wildman–Crippen MR) is 71.0 cm³/mol. The molecule has 0 spiro atoms. The van der Waals surface area contributed by atoms with Gasteiger partial charge < -0.3 is 10.4 Å². The summed E-state index contributed by atoms with van der Waals surface area (Å²) in [6.45, 7) is -0.468. The summed E-state index contributed by atoms with van der Waals surface area (Å²) < 4.78 is 13.4. The number of amides is 2. The number of carboxylic acid groups (broad SMARTS) is 1. The molecule has 0 atom stereocenters. The van der Waals surface area contributed by atoms with Crippen molar-refractivity contribution in [1.82, 2.24) is 5.01 Å². The molecule has 2 amide bonds. The maximum absolute atomic E-state index is 13.4. The Kier molecular flexibility index (Phi) is 4.27. The maximum atomic E-state index is 13.4. The smallest absolute Gasteiger partial charge is 0.352 e.